The second kappa shape index (κ2) is 17.8. The van der Waals surface area contributed by atoms with Crippen molar-refractivity contribution in [2.75, 3.05) is 0 Å². The van der Waals surface area contributed by atoms with E-state index in [0.29, 0.717) is 11.8 Å². The molecule has 4 aliphatic carbocycles. The molecule has 4 heteroatoms. The molecule has 2 fully saturated rings. The minimum atomic E-state index is -5.09. The molecule has 307 valence electrons. The predicted octanol–water partition coefficient (Wildman–Crippen LogP) is 17.3. The summed E-state index contributed by atoms with van der Waals surface area (Å²) in [5.41, 5.74) is 19.6. The number of fused-ring (bicyclic) bond motifs is 2. The molecule has 0 bridgehead atoms. The van der Waals surface area contributed by atoms with Crippen LogP contribution in [0.3, 0.4) is 0 Å². The molecular formula is C54H69Cl2SiZr. The van der Waals surface area contributed by atoms with Gasteiger partial charge in [0.25, 0.3) is 0 Å². The van der Waals surface area contributed by atoms with Gasteiger partial charge in [0.15, 0.2) is 0 Å². The van der Waals surface area contributed by atoms with E-state index in [1.807, 2.05) is 0 Å². The molecule has 0 saturated heterocycles. The molecular weight excluding hydrogens is 839 g/mol. The molecule has 8 rings (SSSR count). The Morgan fingerprint density at radius 1 is 0.552 bits per heavy atom. The Morgan fingerprint density at radius 2 is 0.931 bits per heavy atom. The molecule has 0 heterocycles. The zero-order valence-electron chi connectivity index (χ0n) is 36.5. The fourth-order valence-corrected chi connectivity index (χ4v) is 53.8. The topological polar surface area (TPSA) is 0 Å². The van der Waals surface area contributed by atoms with E-state index in [1.54, 1.807) is 11.1 Å². The van der Waals surface area contributed by atoms with Crippen LogP contribution in [0.4, 0.5) is 0 Å². The summed E-state index contributed by atoms with van der Waals surface area (Å²) in [4.78, 5) is 0. The van der Waals surface area contributed by atoms with E-state index in [9.17, 15) is 17.0 Å². The third kappa shape index (κ3) is 8.34. The van der Waals surface area contributed by atoms with Gasteiger partial charge in [-0.05, 0) is 0 Å². The quantitative estimate of drug-likeness (QED) is 0.104. The molecule has 4 aromatic rings. The molecule has 3 unspecified atom stereocenters. The van der Waals surface area contributed by atoms with Crippen LogP contribution < -0.4 is 0 Å². The number of allylic oxidation sites excluding steroid dienone is 2. The van der Waals surface area contributed by atoms with Gasteiger partial charge in [-0.2, -0.15) is 0 Å². The van der Waals surface area contributed by atoms with E-state index in [2.05, 4.69) is 126 Å². The Hall–Kier alpha value is -1.96. The van der Waals surface area contributed by atoms with Gasteiger partial charge in [0.2, 0.25) is 0 Å². The number of benzene rings is 4. The Bertz CT molecular complexity index is 2010. The molecule has 0 aromatic heterocycles. The Labute approximate surface area is 361 Å². The maximum absolute atomic E-state index is 9.33. The molecule has 2 saturated carbocycles. The standard InChI is InChI=1S/2C25H29.C4H11Si.2ClH.Zr/c2*1-18-12-19(2)14-23(13-18)24-11-7-10-22-16-21(17-25(22)24)15-20-8-5-3-4-6-9-20;1-3-4-5-2;;;/h2*7,10-14,16-17,20H,3-6,8-9,15H2,1-2H3;5H,3-4H2,1-2H3;2*1H;/q;;;;;+2/p-2. The number of halogens is 2. The minimum absolute atomic E-state index is 0.139. The summed E-state index contributed by atoms with van der Waals surface area (Å²) in [6.45, 7) is 14.0. The second-order valence-electron chi connectivity index (χ2n) is 19.7. The van der Waals surface area contributed by atoms with Crippen LogP contribution in [0.15, 0.2) is 83.9 Å². The Kier molecular flexibility index (Phi) is 13.1. The van der Waals surface area contributed by atoms with Crippen molar-refractivity contribution < 1.29 is 15.6 Å². The van der Waals surface area contributed by atoms with Crippen molar-refractivity contribution in [2.45, 2.75) is 151 Å². The van der Waals surface area contributed by atoms with E-state index in [4.69, 9.17) is 0 Å². The zero-order valence-corrected chi connectivity index (χ0v) is 41.7. The first-order chi connectivity index (χ1) is 27.9. The average molecular weight is 908 g/mol. The zero-order chi connectivity index (χ0) is 40.6. The van der Waals surface area contributed by atoms with Gasteiger partial charge >= 0.3 is 364 Å². The summed E-state index contributed by atoms with van der Waals surface area (Å²) >= 11 is -5.09. The van der Waals surface area contributed by atoms with Gasteiger partial charge < -0.3 is 0 Å². The molecule has 58 heavy (non-hydrogen) atoms. The van der Waals surface area contributed by atoms with Crippen LogP contribution >= 0.6 is 17.0 Å². The molecule has 4 aliphatic rings. The van der Waals surface area contributed by atoms with E-state index in [0.717, 1.165) is 19.3 Å². The summed E-state index contributed by atoms with van der Waals surface area (Å²) in [7, 11) is 18.7. The normalized spacial score (nSPS) is 21.6. The Morgan fingerprint density at radius 3 is 1.29 bits per heavy atom. The van der Waals surface area contributed by atoms with Crippen molar-refractivity contribution in [3.8, 4) is 22.3 Å². The van der Waals surface area contributed by atoms with E-state index in [-0.39, 0.29) is 7.25 Å². The SMILES string of the molecule is CCC[SiH](C)[Zr]([Cl])([Cl])([CH]1C(CC2CCCCCC2)=Cc2c(-c3cc(C)cc(C)c3)cccc21)[CH]1C(CC2CCCCCC2)=Cc2c(-c3cc(C)cc(C)c3)cccc21. The second-order valence-corrected chi connectivity index (χ2v) is 61.0. The van der Waals surface area contributed by atoms with E-state index < -0.39 is 21.5 Å². The average Bonchev–Trinajstić information content (AvgIpc) is 3.48. The van der Waals surface area contributed by atoms with Crippen LogP contribution in [0.1, 0.15) is 155 Å². The fraction of sp³-hybridized carbons (Fsp3) is 0.481. The van der Waals surface area contributed by atoms with E-state index >= 15 is 0 Å². The summed E-state index contributed by atoms with van der Waals surface area (Å²) in [5, 5.41) is 0. The van der Waals surface area contributed by atoms with Crippen molar-refractivity contribution in [2.24, 2.45) is 11.8 Å². The first-order valence-electron chi connectivity index (χ1n) is 23.4. The van der Waals surface area contributed by atoms with Gasteiger partial charge in [0.05, 0.1) is 0 Å². The van der Waals surface area contributed by atoms with E-state index in [1.165, 1.54) is 150 Å². The molecule has 4 aromatic carbocycles. The van der Waals surface area contributed by atoms with Crippen molar-refractivity contribution >= 4 is 35.1 Å². The number of aryl methyl sites for hydroxylation is 4. The van der Waals surface area contributed by atoms with Crippen molar-refractivity contribution in [1.82, 2.24) is 0 Å². The third-order valence-corrected chi connectivity index (χ3v) is 65.6. The van der Waals surface area contributed by atoms with Crippen LogP contribution in [-0.4, -0.2) is 5.92 Å². The summed E-state index contributed by atoms with van der Waals surface area (Å²) in [5.74, 6) is -0.317. The molecule has 0 amide bonds. The van der Waals surface area contributed by atoms with Crippen LogP contribution in [0.2, 0.25) is 12.6 Å². The third-order valence-electron chi connectivity index (χ3n) is 15.1. The van der Waals surface area contributed by atoms with Crippen molar-refractivity contribution in [3.05, 3.63) is 128 Å². The molecule has 0 nitrogen and oxygen atoms in total. The van der Waals surface area contributed by atoms with Gasteiger partial charge in [0.1, 0.15) is 0 Å². The van der Waals surface area contributed by atoms with Crippen LogP contribution in [0, 0.1) is 39.5 Å². The van der Waals surface area contributed by atoms with Crippen LogP contribution in [0.25, 0.3) is 34.4 Å². The molecule has 0 radical (unpaired) electrons. The van der Waals surface area contributed by atoms with Gasteiger partial charge in [-0.1, -0.05) is 0 Å². The number of rotatable bonds is 11. The van der Waals surface area contributed by atoms with Gasteiger partial charge in [-0.15, -0.1) is 0 Å². The van der Waals surface area contributed by atoms with Gasteiger partial charge in [0, 0.05) is 0 Å². The first kappa shape index (κ1) is 42.7. The monoisotopic (exact) mass is 905 g/mol. The summed E-state index contributed by atoms with van der Waals surface area (Å²) < 4.78 is 0.279. The molecule has 0 spiro atoms. The van der Waals surface area contributed by atoms with Crippen LogP contribution in [0.5, 0.6) is 0 Å². The molecule has 3 atom stereocenters. The predicted molar refractivity (Wildman–Crippen MR) is 256 cm³/mol. The first-order valence-corrected chi connectivity index (χ1v) is 39.3. The van der Waals surface area contributed by atoms with Crippen molar-refractivity contribution in [3.63, 3.8) is 0 Å². The van der Waals surface area contributed by atoms with Gasteiger partial charge in [-0.25, -0.2) is 0 Å². The fourth-order valence-electron chi connectivity index (χ4n) is 12.6. The van der Waals surface area contributed by atoms with Gasteiger partial charge in [-0.3, -0.25) is 0 Å². The molecule has 0 N–H and O–H groups in total. The number of hydrogen-bond donors (Lipinski definition) is 0. The summed E-state index contributed by atoms with van der Waals surface area (Å²) in [6.07, 6.45) is 25.0. The van der Waals surface area contributed by atoms with Crippen molar-refractivity contribution in [1.29, 1.82) is 0 Å². The number of hydrogen-bond acceptors (Lipinski definition) is 0. The maximum atomic E-state index is 9.33. The molecule has 0 aliphatic heterocycles. The summed E-state index contributed by atoms with van der Waals surface area (Å²) in [6, 6.07) is 29.8. The van der Waals surface area contributed by atoms with Crippen LogP contribution in [-0.2, 0) is 15.6 Å². The Balaban J connectivity index is 1.37.